The summed E-state index contributed by atoms with van der Waals surface area (Å²) >= 11 is 9.44. The summed E-state index contributed by atoms with van der Waals surface area (Å²) in [6.07, 6.45) is 4.01. The lowest BCUT2D eigenvalue weighted by Crippen LogP contribution is -2.36. The van der Waals surface area contributed by atoms with Gasteiger partial charge in [0.15, 0.2) is 5.15 Å². The van der Waals surface area contributed by atoms with Crippen molar-refractivity contribution in [1.29, 1.82) is 0 Å². The van der Waals surface area contributed by atoms with E-state index < -0.39 is 0 Å². The molecule has 5 heteroatoms. The van der Waals surface area contributed by atoms with Crippen LogP contribution in [0.4, 0.5) is 5.69 Å². The highest BCUT2D eigenvalue weighted by atomic mass is 79.9. The lowest BCUT2D eigenvalue weighted by molar-refractivity contribution is 0.264. The number of anilines is 1. The predicted molar refractivity (Wildman–Crippen MR) is 71.1 cm³/mol. The van der Waals surface area contributed by atoms with Crippen LogP contribution in [-0.2, 0) is 0 Å². The van der Waals surface area contributed by atoms with Crippen molar-refractivity contribution < 1.29 is 0 Å². The van der Waals surface area contributed by atoms with Crippen LogP contribution in [0.5, 0.6) is 0 Å². The molecule has 3 nitrogen and oxygen atoms in total. The molecule has 0 aliphatic carbocycles. The Morgan fingerprint density at radius 3 is 2.88 bits per heavy atom. The van der Waals surface area contributed by atoms with E-state index in [-0.39, 0.29) is 0 Å². The second-order valence-electron chi connectivity index (χ2n) is 4.21. The smallest absolute Gasteiger partial charge is 0.152 e. The van der Waals surface area contributed by atoms with E-state index >= 15 is 0 Å². The van der Waals surface area contributed by atoms with Crippen LogP contribution in [0.25, 0.3) is 0 Å². The van der Waals surface area contributed by atoms with E-state index in [1.807, 2.05) is 6.07 Å². The third kappa shape index (κ3) is 3.09. The lowest BCUT2D eigenvalue weighted by atomic mass is 10.1. The van der Waals surface area contributed by atoms with Gasteiger partial charge in [0.2, 0.25) is 0 Å². The Morgan fingerprint density at radius 1 is 1.50 bits per heavy atom. The SMILES string of the molecule is CN1CCC(Nc2cc(Br)cnc2Cl)CC1. The van der Waals surface area contributed by atoms with E-state index in [4.69, 9.17) is 11.6 Å². The molecule has 1 N–H and O–H groups in total. The number of nitrogens with one attached hydrogen (secondary N) is 1. The molecule has 0 unspecified atom stereocenters. The van der Waals surface area contributed by atoms with Gasteiger partial charge in [-0.3, -0.25) is 0 Å². The third-order valence-corrected chi connectivity index (χ3v) is 3.62. The zero-order valence-corrected chi connectivity index (χ0v) is 11.6. The third-order valence-electron chi connectivity index (χ3n) is 2.88. The van der Waals surface area contributed by atoms with Crippen molar-refractivity contribution >= 4 is 33.2 Å². The van der Waals surface area contributed by atoms with Gasteiger partial charge in [0, 0.05) is 16.7 Å². The van der Waals surface area contributed by atoms with Crippen LogP contribution in [0.1, 0.15) is 12.8 Å². The fraction of sp³-hybridized carbons (Fsp3) is 0.545. The molecule has 0 atom stereocenters. The summed E-state index contributed by atoms with van der Waals surface area (Å²) in [6.45, 7) is 2.27. The van der Waals surface area contributed by atoms with Gasteiger partial charge < -0.3 is 10.2 Å². The van der Waals surface area contributed by atoms with Crippen LogP contribution in [0.3, 0.4) is 0 Å². The maximum Gasteiger partial charge on any atom is 0.152 e. The highest BCUT2D eigenvalue weighted by molar-refractivity contribution is 9.10. The first-order chi connectivity index (χ1) is 7.65. The number of piperidine rings is 1. The number of hydrogen-bond acceptors (Lipinski definition) is 3. The molecule has 88 valence electrons. The first-order valence-electron chi connectivity index (χ1n) is 5.41. The Bertz CT molecular complexity index is 364. The summed E-state index contributed by atoms with van der Waals surface area (Å²) in [7, 11) is 2.16. The summed E-state index contributed by atoms with van der Waals surface area (Å²) in [4.78, 5) is 6.45. The highest BCUT2D eigenvalue weighted by Gasteiger charge is 2.17. The summed E-state index contributed by atoms with van der Waals surface area (Å²) in [5, 5.41) is 4.00. The minimum Gasteiger partial charge on any atom is -0.380 e. The Hall–Kier alpha value is -0.320. The molecule has 1 aliphatic rings. The molecular weight excluding hydrogens is 289 g/mol. The van der Waals surface area contributed by atoms with Gasteiger partial charge in [-0.1, -0.05) is 11.6 Å². The quantitative estimate of drug-likeness (QED) is 0.851. The van der Waals surface area contributed by atoms with Crippen molar-refractivity contribution in [3.8, 4) is 0 Å². The van der Waals surface area contributed by atoms with E-state index in [0.29, 0.717) is 11.2 Å². The van der Waals surface area contributed by atoms with Gasteiger partial charge in [0.05, 0.1) is 5.69 Å². The first-order valence-corrected chi connectivity index (χ1v) is 6.58. The second-order valence-corrected chi connectivity index (χ2v) is 5.49. The standard InChI is InChI=1S/C11H15BrClN3/c1-16-4-2-9(3-5-16)15-10-6-8(12)7-14-11(10)13/h6-7,9,15H,2-5H2,1H3. The summed E-state index contributed by atoms with van der Waals surface area (Å²) in [5.41, 5.74) is 0.922. The Labute approximate surface area is 109 Å². The summed E-state index contributed by atoms with van der Waals surface area (Å²) in [6, 6.07) is 2.48. The number of halogens is 2. The van der Waals surface area contributed by atoms with Gasteiger partial charge in [-0.05, 0) is 55.0 Å². The number of nitrogens with zero attached hydrogens (tertiary/aromatic N) is 2. The maximum absolute atomic E-state index is 6.04. The molecular formula is C11H15BrClN3. The van der Waals surface area contributed by atoms with Crippen molar-refractivity contribution in [3.63, 3.8) is 0 Å². The first kappa shape index (κ1) is 12.1. The number of hydrogen-bond donors (Lipinski definition) is 1. The number of pyridine rings is 1. The molecule has 0 amide bonds. The molecule has 1 aliphatic heterocycles. The Morgan fingerprint density at radius 2 is 2.19 bits per heavy atom. The summed E-state index contributed by atoms with van der Waals surface area (Å²) < 4.78 is 0.951. The van der Waals surface area contributed by atoms with Gasteiger partial charge >= 0.3 is 0 Å². The van der Waals surface area contributed by atoms with Gasteiger partial charge in [-0.15, -0.1) is 0 Å². The average molecular weight is 305 g/mol. The molecule has 1 aromatic heterocycles. The van der Waals surface area contributed by atoms with Crippen LogP contribution >= 0.6 is 27.5 Å². The molecule has 1 aromatic rings. The maximum atomic E-state index is 6.04. The largest absolute Gasteiger partial charge is 0.380 e. The van der Waals surface area contributed by atoms with Crippen molar-refractivity contribution in [1.82, 2.24) is 9.88 Å². The van der Waals surface area contributed by atoms with Gasteiger partial charge in [0.25, 0.3) is 0 Å². The zero-order valence-electron chi connectivity index (χ0n) is 9.21. The molecule has 0 saturated carbocycles. The minimum atomic E-state index is 0.504. The molecule has 1 saturated heterocycles. The molecule has 0 spiro atoms. The monoisotopic (exact) mass is 303 g/mol. The lowest BCUT2D eigenvalue weighted by Gasteiger charge is -2.30. The van der Waals surface area contributed by atoms with Crippen LogP contribution in [0, 0.1) is 0 Å². The van der Waals surface area contributed by atoms with Crippen molar-refractivity contribution in [2.75, 3.05) is 25.5 Å². The van der Waals surface area contributed by atoms with Crippen molar-refractivity contribution in [3.05, 3.63) is 21.9 Å². The molecule has 0 bridgehead atoms. The van der Waals surface area contributed by atoms with Gasteiger partial charge in [-0.25, -0.2) is 4.98 Å². The van der Waals surface area contributed by atoms with Crippen LogP contribution < -0.4 is 5.32 Å². The van der Waals surface area contributed by atoms with Crippen molar-refractivity contribution in [2.45, 2.75) is 18.9 Å². The molecule has 1 fully saturated rings. The number of rotatable bonds is 2. The van der Waals surface area contributed by atoms with Gasteiger partial charge in [0.1, 0.15) is 0 Å². The molecule has 2 heterocycles. The van der Waals surface area contributed by atoms with E-state index in [0.717, 1.165) is 36.1 Å². The number of likely N-dealkylation sites (tertiary alicyclic amines) is 1. The molecule has 16 heavy (non-hydrogen) atoms. The zero-order chi connectivity index (χ0) is 11.5. The van der Waals surface area contributed by atoms with E-state index in [1.165, 1.54) is 0 Å². The average Bonchev–Trinajstić information content (AvgIpc) is 2.27. The minimum absolute atomic E-state index is 0.504. The topological polar surface area (TPSA) is 28.2 Å². The highest BCUT2D eigenvalue weighted by Crippen LogP contribution is 2.25. The second kappa shape index (κ2) is 5.34. The predicted octanol–water partition coefficient (Wildman–Crippen LogP) is 3.00. The van der Waals surface area contributed by atoms with Crippen LogP contribution in [0.15, 0.2) is 16.7 Å². The van der Waals surface area contributed by atoms with Gasteiger partial charge in [-0.2, -0.15) is 0 Å². The Balaban J connectivity index is 2.00. The normalized spacial score (nSPS) is 18.7. The fourth-order valence-corrected chi connectivity index (χ4v) is 2.39. The molecule has 2 rings (SSSR count). The van der Waals surface area contributed by atoms with Crippen molar-refractivity contribution in [2.24, 2.45) is 0 Å². The van der Waals surface area contributed by atoms with Crippen LogP contribution in [0.2, 0.25) is 5.15 Å². The Kier molecular flexibility index (Phi) is 4.05. The van der Waals surface area contributed by atoms with E-state index in [2.05, 4.69) is 38.2 Å². The van der Waals surface area contributed by atoms with E-state index in [9.17, 15) is 0 Å². The number of aromatic nitrogens is 1. The molecule has 0 aromatic carbocycles. The van der Waals surface area contributed by atoms with E-state index in [1.54, 1.807) is 6.20 Å². The van der Waals surface area contributed by atoms with Crippen LogP contribution in [-0.4, -0.2) is 36.1 Å². The fourth-order valence-electron chi connectivity index (χ4n) is 1.90. The summed E-state index contributed by atoms with van der Waals surface area (Å²) in [5.74, 6) is 0. The molecule has 0 radical (unpaired) electrons.